The van der Waals surface area contributed by atoms with E-state index in [9.17, 15) is 18.5 Å². The van der Waals surface area contributed by atoms with E-state index < -0.39 is 20.6 Å². The van der Waals surface area contributed by atoms with Crippen molar-refractivity contribution in [2.75, 3.05) is 26.3 Å². The predicted molar refractivity (Wildman–Crippen MR) is 93.9 cm³/mol. The lowest BCUT2D eigenvalue weighted by atomic mass is 10.2. The zero-order valence-corrected chi connectivity index (χ0v) is 14.9. The van der Waals surface area contributed by atoms with Crippen LogP contribution < -0.4 is 4.74 Å². The quantitative estimate of drug-likeness (QED) is 0.568. The third-order valence-electron chi connectivity index (χ3n) is 3.95. The van der Waals surface area contributed by atoms with Crippen molar-refractivity contribution in [3.8, 4) is 17.6 Å². The average molecular weight is 389 g/mol. The highest BCUT2D eigenvalue weighted by molar-refractivity contribution is 7.89. The van der Waals surface area contributed by atoms with E-state index in [0.29, 0.717) is 11.3 Å². The molecule has 9 nitrogen and oxygen atoms in total. The van der Waals surface area contributed by atoms with Crippen LogP contribution in [0.5, 0.6) is 11.5 Å². The van der Waals surface area contributed by atoms with Crippen molar-refractivity contribution in [3.63, 3.8) is 0 Å². The number of nitro groups is 1. The summed E-state index contributed by atoms with van der Waals surface area (Å²) in [4.78, 5) is 10.5. The first-order valence-corrected chi connectivity index (χ1v) is 9.40. The van der Waals surface area contributed by atoms with E-state index in [1.54, 1.807) is 0 Å². The molecular weight excluding hydrogens is 374 g/mol. The van der Waals surface area contributed by atoms with Crippen LogP contribution in [-0.4, -0.2) is 43.9 Å². The molecule has 3 rings (SSSR count). The summed E-state index contributed by atoms with van der Waals surface area (Å²) in [5.74, 6) is 0.200. The Labute approximate surface area is 155 Å². The minimum Gasteiger partial charge on any atom is -0.450 e. The molecule has 1 aliphatic rings. The molecule has 0 amide bonds. The van der Waals surface area contributed by atoms with Crippen LogP contribution in [0.4, 0.5) is 5.69 Å². The van der Waals surface area contributed by atoms with Crippen LogP contribution in [0, 0.1) is 21.4 Å². The largest absolute Gasteiger partial charge is 0.450 e. The number of hydrogen-bond acceptors (Lipinski definition) is 7. The SMILES string of the molecule is N#Cc1ccc(Oc2ccc(S(=O)(=O)N3CCOCC3)cc2[N+](=O)[O-])cc1. The Morgan fingerprint density at radius 1 is 1.15 bits per heavy atom. The normalized spacial score (nSPS) is 15.1. The van der Waals surface area contributed by atoms with E-state index in [1.807, 2.05) is 6.07 Å². The summed E-state index contributed by atoms with van der Waals surface area (Å²) in [6, 6.07) is 11.5. The second-order valence-corrected chi connectivity index (χ2v) is 7.58. The zero-order valence-electron chi connectivity index (χ0n) is 14.1. The van der Waals surface area contributed by atoms with Crippen LogP contribution in [0.3, 0.4) is 0 Å². The van der Waals surface area contributed by atoms with E-state index in [2.05, 4.69) is 0 Å². The molecule has 0 N–H and O–H groups in total. The second-order valence-electron chi connectivity index (χ2n) is 5.64. The van der Waals surface area contributed by atoms with Gasteiger partial charge in [0, 0.05) is 19.2 Å². The maximum atomic E-state index is 12.7. The van der Waals surface area contributed by atoms with E-state index in [4.69, 9.17) is 14.7 Å². The Kier molecular flexibility index (Phi) is 5.36. The van der Waals surface area contributed by atoms with Crippen molar-refractivity contribution in [2.45, 2.75) is 4.90 Å². The van der Waals surface area contributed by atoms with Gasteiger partial charge in [0.25, 0.3) is 0 Å². The summed E-state index contributed by atoms with van der Waals surface area (Å²) in [7, 11) is -3.86. The molecule has 2 aromatic carbocycles. The molecule has 0 bridgehead atoms. The van der Waals surface area contributed by atoms with Gasteiger partial charge in [-0.25, -0.2) is 8.42 Å². The van der Waals surface area contributed by atoms with Gasteiger partial charge in [-0.2, -0.15) is 9.57 Å². The van der Waals surface area contributed by atoms with Crippen LogP contribution >= 0.6 is 0 Å². The van der Waals surface area contributed by atoms with Crippen LogP contribution in [0.15, 0.2) is 47.4 Å². The van der Waals surface area contributed by atoms with Gasteiger partial charge >= 0.3 is 5.69 Å². The number of sulfonamides is 1. The molecule has 0 aromatic heterocycles. The van der Waals surface area contributed by atoms with Gasteiger partial charge in [0.1, 0.15) is 5.75 Å². The van der Waals surface area contributed by atoms with Gasteiger partial charge < -0.3 is 9.47 Å². The van der Waals surface area contributed by atoms with Crippen LogP contribution in [0.2, 0.25) is 0 Å². The van der Waals surface area contributed by atoms with Crippen molar-refractivity contribution in [1.82, 2.24) is 4.31 Å². The molecule has 1 saturated heterocycles. The smallest absolute Gasteiger partial charge is 0.312 e. The van der Waals surface area contributed by atoms with E-state index in [1.165, 1.54) is 40.7 Å². The molecule has 10 heteroatoms. The molecular formula is C17H15N3O6S. The third kappa shape index (κ3) is 4.06. The molecule has 0 radical (unpaired) electrons. The van der Waals surface area contributed by atoms with Crippen molar-refractivity contribution in [3.05, 3.63) is 58.1 Å². The van der Waals surface area contributed by atoms with Gasteiger partial charge in [-0.15, -0.1) is 0 Å². The minimum atomic E-state index is -3.86. The lowest BCUT2D eigenvalue weighted by molar-refractivity contribution is -0.385. The summed E-state index contributed by atoms with van der Waals surface area (Å²) in [5.41, 5.74) is -0.0440. The summed E-state index contributed by atoms with van der Waals surface area (Å²) in [6.45, 7) is 0.946. The van der Waals surface area contributed by atoms with Crippen molar-refractivity contribution < 1.29 is 22.8 Å². The highest BCUT2D eigenvalue weighted by Crippen LogP contribution is 2.34. The fourth-order valence-electron chi connectivity index (χ4n) is 2.55. The first-order chi connectivity index (χ1) is 12.9. The number of nitrogens with zero attached hydrogens (tertiary/aromatic N) is 3. The van der Waals surface area contributed by atoms with Gasteiger partial charge in [-0.1, -0.05) is 0 Å². The predicted octanol–water partition coefficient (Wildman–Crippen LogP) is 2.28. The number of nitro benzene ring substituents is 1. The highest BCUT2D eigenvalue weighted by atomic mass is 32.2. The Morgan fingerprint density at radius 3 is 2.41 bits per heavy atom. The molecule has 0 saturated carbocycles. The van der Waals surface area contributed by atoms with Gasteiger partial charge in [-0.05, 0) is 36.4 Å². The summed E-state index contributed by atoms with van der Waals surface area (Å²) in [5, 5.41) is 20.2. The fraction of sp³-hybridized carbons (Fsp3) is 0.235. The molecule has 1 aliphatic heterocycles. The Hall–Kier alpha value is -3.00. The van der Waals surface area contributed by atoms with E-state index >= 15 is 0 Å². The second kappa shape index (κ2) is 7.71. The standard InChI is InChI=1S/C17H15N3O6S/c18-12-13-1-3-14(4-2-13)26-17-6-5-15(11-16(17)20(21)22)27(23,24)19-7-9-25-10-8-19/h1-6,11H,7-10H2. The molecule has 1 heterocycles. The molecule has 27 heavy (non-hydrogen) atoms. The lowest BCUT2D eigenvalue weighted by Gasteiger charge is -2.26. The molecule has 0 spiro atoms. The molecule has 2 aromatic rings. The Bertz CT molecular complexity index is 992. The summed E-state index contributed by atoms with van der Waals surface area (Å²) >= 11 is 0. The number of morpholine rings is 1. The summed E-state index contributed by atoms with van der Waals surface area (Å²) < 4.78 is 37.2. The number of rotatable bonds is 5. The minimum absolute atomic E-state index is 0.0920. The molecule has 0 unspecified atom stereocenters. The van der Waals surface area contributed by atoms with Crippen LogP contribution in [0.1, 0.15) is 5.56 Å². The number of benzene rings is 2. The number of ether oxygens (including phenoxy) is 2. The number of hydrogen-bond donors (Lipinski definition) is 0. The van der Waals surface area contributed by atoms with Gasteiger partial charge in [-0.3, -0.25) is 10.1 Å². The molecule has 140 valence electrons. The monoisotopic (exact) mass is 389 g/mol. The van der Waals surface area contributed by atoms with E-state index in [-0.39, 0.29) is 36.9 Å². The van der Waals surface area contributed by atoms with Crippen molar-refractivity contribution in [2.24, 2.45) is 0 Å². The first kappa shape index (κ1) is 18.8. The topological polar surface area (TPSA) is 123 Å². The Morgan fingerprint density at radius 2 is 1.81 bits per heavy atom. The fourth-order valence-corrected chi connectivity index (χ4v) is 3.98. The maximum absolute atomic E-state index is 12.7. The zero-order chi connectivity index (χ0) is 19.4. The molecule has 0 aliphatic carbocycles. The van der Waals surface area contributed by atoms with Crippen molar-refractivity contribution >= 4 is 15.7 Å². The summed E-state index contributed by atoms with van der Waals surface area (Å²) in [6.07, 6.45) is 0. The van der Waals surface area contributed by atoms with Crippen LogP contribution in [0.25, 0.3) is 0 Å². The lowest BCUT2D eigenvalue weighted by Crippen LogP contribution is -2.40. The van der Waals surface area contributed by atoms with Gasteiger partial charge in [0.2, 0.25) is 15.8 Å². The number of nitriles is 1. The molecule has 1 fully saturated rings. The molecule has 0 atom stereocenters. The first-order valence-electron chi connectivity index (χ1n) is 7.96. The van der Waals surface area contributed by atoms with Gasteiger partial charge in [0.15, 0.2) is 0 Å². The average Bonchev–Trinajstić information content (AvgIpc) is 2.69. The van der Waals surface area contributed by atoms with Crippen LogP contribution in [-0.2, 0) is 14.8 Å². The van der Waals surface area contributed by atoms with Gasteiger partial charge in [0.05, 0.1) is 34.7 Å². The third-order valence-corrected chi connectivity index (χ3v) is 5.84. The Balaban J connectivity index is 1.92. The van der Waals surface area contributed by atoms with Crippen molar-refractivity contribution in [1.29, 1.82) is 5.26 Å². The highest BCUT2D eigenvalue weighted by Gasteiger charge is 2.29. The maximum Gasteiger partial charge on any atom is 0.312 e. The van der Waals surface area contributed by atoms with E-state index in [0.717, 1.165) is 6.07 Å².